The zero-order chi connectivity index (χ0) is 21.2. The van der Waals surface area contributed by atoms with Crippen LogP contribution in [-0.2, 0) is 17.2 Å². The zero-order valence-electron chi connectivity index (χ0n) is 14.7. The van der Waals surface area contributed by atoms with Gasteiger partial charge in [-0.1, -0.05) is 16.8 Å². The second kappa shape index (κ2) is 8.14. The van der Waals surface area contributed by atoms with E-state index in [1.807, 2.05) is 0 Å². The highest BCUT2D eigenvalue weighted by Crippen LogP contribution is 2.37. The lowest BCUT2D eigenvalue weighted by atomic mass is 9.98. The molecule has 1 aliphatic heterocycles. The molecule has 1 N–H and O–H groups in total. The van der Waals surface area contributed by atoms with E-state index in [9.17, 15) is 26.3 Å². The molecule has 1 heterocycles. The van der Waals surface area contributed by atoms with Crippen LogP contribution in [0.3, 0.4) is 0 Å². The molecular formula is C19H15ClF6N2O. The number of nitrogens with zero attached hydrogens (tertiary/aromatic N) is 1. The summed E-state index contributed by atoms with van der Waals surface area (Å²) in [7, 11) is 0. The number of alkyl halides is 6. The number of nitrogens with one attached hydrogen (secondary N) is 1. The van der Waals surface area contributed by atoms with Gasteiger partial charge in [0, 0.05) is 35.7 Å². The first-order chi connectivity index (χ1) is 13.5. The van der Waals surface area contributed by atoms with Gasteiger partial charge in [0.1, 0.15) is 6.10 Å². The molecule has 0 fully saturated rings. The van der Waals surface area contributed by atoms with E-state index in [1.165, 1.54) is 0 Å². The summed E-state index contributed by atoms with van der Waals surface area (Å²) in [5, 5.41) is 7.42. The molecule has 29 heavy (non-hydrogen) atoms. The third kappa shape index (κ3) is 5.56. The number of rotatable bonds is 5. The van der Waals surface area contributed by atoms with Crippen LogP contribution in [0.2, 0.25) is 5.02 Å². The summed E-state index contributed by atoms with van der Waals surface area (Å²) in [6, 6.07) is 8.39. The lowest BCUT2D eigenvalue weighted by Crippen LogP contribution is -2.16. The minimum absolute atomic E-state index is 0.0538. The van der Waals surface area contributed by atoms with Crippen LogP contribution in [0.5, 0.6) is 0 Å². The Morgan fingerprint density at radius 1 is 0.966 bits per heavy atom. The quantitative estimate of drug-likeness (QED) is 0.552. The van der Waals surface area contributed by atoms with Crippen molar-refractivity contribution >= 4 is 23.0 Å². The first kappa shape index (κ1) is 21.3. The van der Waals surface area contributed by atoms with Crippen LogP contribution >= 0.6 is 11.6 Å². The fraction of sp³-hybridized carbons (Fsp3) is 0.316. The van der Waals surface area contributed by atoms with Gasteiger partial charge in [0.05, 0.1) is 16.8 Å². The molecule has 3 nitrogen and oxygen atoms in total. The lowest BCUT2D eigenvalue weighted by Gasteiger charge is -2.14. The highest BCUT2D eigenvalue weighted by Gasteiger charge is 2.37. The van der Waals surface area contributed by atoms with Gasteiger partial charge in [-0.3, -0.25) is 0 Å². The minimum atomic E-state index is -4.90. The lowest BCUT2D eigenvalue weighted by molar-refractivity contribution is -0.143. The Hall–Kier alpha value is -2.42. The van der Waals surface area contributed by atoms with Crippen molar-refractivity contribution in [3.63, 3.8) is 0 Å². The van der Waals surface area contributed by atoms with E-state index in [1.54, 1.807) is 24.3 Å². The van der Waals surface area contributed by atoms with E-state index < -0.39 is 29.6 Å². The molecule has 156 valence electrons. The maximum Gasteiger partial charge on any atom is 0.416 e. The molecule has 3 rings (SSSR count). The molecule has 0 aromatic heterocycles. The Morgan fingerprint density at radius 3 is 2.10 bits per heavy atom. The van der Waals surface area contributed by atoms with Crippen molar-refractivity contribution in [2.24, 2.45) is 5.16 Å². The number of hydrogen-bond acceptors (Lipinski definition) is 3. The topological polar surface area (TPSA) is 33.6 Å². The molecule has 0 bridgehead atoms. The van der Waals surface area contributed by atoms with Crippen LogP contribution < -0.4 is 5.32 Å². The maximum absolute atomic E-state index is 13.0. The van der Waals surface area contributed by atoms with E-state index in [-0.39, 0.29) is 23.8 Å². The number of anilines is 1. The van der Waals surface area contributed by atoms with Crippen molar-refractivity contribution in [1.29, 1.82) is 0 Å². The number of hydrogen-bond donors (Lipinski definition) is 1. The van der Waals surface area contributed by atoms with Gasteiger partial charge in [-0.2, -0.15) is 26.3 Å². The third-order valence-corrected chi connectivity index (χ3v) is 4.55. The van der Waals surface area contributed by atoms with Crippen molar-refractivity contribution in [1.82, 2.24) is 0 Å². The molecule has 1 aliphatic rings. The molecule has 0 radical (unpaired) electrons. The maximum atomic E-state index is 13.0. The van der Waals surface area contributed by atoms with Gasteiger partial charge in [-0.25, -0.2) is 0 Å². The molecular weight excluding hydrogens is 422 g/mol. The standard InChI is InChI=1S/C19H15ClF6N2O/c20-14-1-3-15(4-2-14)27-6-5-16-10-17(28-29-16)11-7-12(18(21,22)23)9-13(8-11)19(24,25)26/h1-4,7-9,16,27H,5-6,10H2. The van der Waals surface area contributed by atoms with Gasteiger partial charge in [0.15, 0.2) is 0 Å². The minimum Gasteiger partial charge on any atom is -0.392 e. The first-order valence-corrected chi connectivity index (χ1v) is 8.92. The van der Waals surface area contributed by atoms with Crippen LogP contribution in [-0.4, -0.2) is 18.4 Å². The van der Waals surface area contributed by atoms with E-state index in [2.05, 4.69) is 10.5 Å². The smallest absolute Gasteiger partial charge is 0.392 e. The summed E-state index contributed by atoms with van der Waals surface area (Å²) < 4.78 is 78.0. The molecule has 2 aromatic carbocycles. The van der Waals surface area contributed by atoms with E-state index >= 15 is 0 Å². The van der Waals surface area contributed by atoms with Gasteiger partial charge in [0.2, 0.25) is 0 Å². The second-order valence-electron chi connectivity index (χ2n) is 6.49. The summed E-state index contributed by atoms with van der Waals surface area (Å²) in [6.45, 7) is 0.478. The van der Waals surface area contributed by atoms with E-state index in [4.69, 9.17) is 16.4 Å². The van der Waals surface area contributed by atoms with Crippen molar-refractivity contribution in [2.45, 2.75) is 31.3 Å². The predicted molar refractivity (Wildman–Crippen MR) is 97.0 cm³/mol. The van der Waals surface area contributed by atoms with Crippen LogP contribution in [0.25, 0.3) is 0 Å². The first-order valence-electron chi connectivity index (χ1n) is 8.54. The average molecular weight is 437 g/mol. The Balaban J connectivity index is 1.66. The van der Waals surface area contributed by atoms with E-state index in [0.717, 1.165) is 5.69 Å². The van der Waals surface area contributed by atoms with Crippen molar-refractivity contribution in [3.8, 4) is 0 Å². The van der Waals surface area contributed by atoms with Gasteiger partial charge >= 0.3 is 12.4 Å². The molecule has 1 atom stereocenters. The normalized spacial score (nSPS) is 17.1. The molecule has 1 unspecified atom stereocenters. The Morgan fingerprint density at radius 2 is 1.55 bits per heavy atom. The molecule has 0 saturated heterocycles. The Bertz CT molecular complexity index is 861. The van der Waals surface area contributed by atoms with E-state index in [0.29, 0.717) is 30.1 Å². The zero-order valence-corrected chi connectivity index (χ0v) is 15.5. The van der Waals surface area contributed by atoms with Crippen LogP contribution in [0, 0.1) is 0 Å². The highest BCUT2D eigenvalue weighted by atomic mass is 35.5. The predicted octanol–water partition coefficient (Wildman–Crippen LogP) is 6.37. The van der Waals surface area contributed by atoms with Crippen molar-refractivity contribution < 1.29 is 31.2 Å². The Kier molecular flexibility index (Phi) is 5.97. The van der Waals surface area contributed by atoms with Crippen molar-refractivity contribution in [2.75, 3.05) is 11.9 Å². The SMILES string of the molecule is FC(F)(F)c1cc(C2=NOC(CCNc3ccc(Cl)cc3)C2)cc(C(F)(F)F)c1. The second-order valence-corrected chi connectivity index (χ2v) is 6.92. The van der Waals surface area contributed by atoms with Crippen LogP contribution in [0.1, 0.15) is 29.5 Å². The van der Waals surface area contributed by atoms with Crippen molar-refractivity contribution in [3.05, 3.63) is 64.2 Å². The third-order valence-electron chi connectivity index (χ3n) is 4.29. The van der Waals surface area contributed by atoms with Gasteiger partial charge in [0.25, 0.3) is 0 Å². The average Bonchev–Trinajstić information content (AvgIpc) is 3.10. The highest BCUT2D eigenvalue weighted by molar-refractivity contribution is 6.30. The molecule has 0 saturated carbocycles. The number of halogens is 7. The number of benzene rings is 2. The molecule has 2 aromatic rings. The van der Waals surface area contributed by atoms with Crippen LogP contribution in [0.4, 0.5) is 32.0 Å². The fourth-order valence-corrected chi connectivity index (χ4v) is 2.95. The van der Waals surface area contributed by atoms with Gasteiger partial charge < -0.3 is 10.2 Å². The summed E-state index contributed by atoms with van der Waals surface area (Å²) >= 11 is 5.80. The molecule has 0 amide bonds. The largest absolute Gasteiger partial charge is 0.416 e. The Labute approximate surface area is 167 Å². The monoisotopic (exact) mass is 436 g/mol. The molecule has 10 heteroatoms. The number of oxime groups is 1. The summed E-state index contributed by atoms with van der Waals surface area (Å²) in [5.74, 6) is 0. The van der Waals surface area contributed by atoms with Crippen LogP contribution in [0.15, 0.2) is 47.6 Å². The fourth-order valence-electron chi connectivity index (χ4n) is 2.82. The summed E-state index contributed by atoms with van der Waals surface area (Å²) in [6.07, 6.45) is -9.69. The molecule has 0 aliphatic carbocycles. The van der Waals surface area contributed by atoms with Gasteiger partial charge in [-0.15, -0.1) is 0 Å². The van der Waals surface area contributed by atoms with Gasteiger partial charge in [-0.05, 0) is 42.5 Å². The summed E-state index contributed by atoms with van der Waals surface area (Å²) in [4.78, 5) is 5.19. The summed E-state index contributed by atoms with van der Waals surface area (Å²) in [5.41, 5.74) is -2.13. The molecule has 0 spiro atoms.